The number of benzene rings is 1. The van der Waals surface area contributed by atoms with E-state index in [1.807, 2.05) is 0 Å². The molecule has 1 aromatic carbocycles. The number of nitrogens with zero attached hydrogens (tertiary/aromatic N) is 5. The Morgan fingerprint density at radius 1 is 1.55 bits per heavy atom. The normalized spacial score (nSPS) is 15.6. The molecule has 116 valence electrons. The van der Waals surface area contributed by atoms with Crippen LogP contribution in [0.15, 0.2) is 24.5 Å². The van der Waals surface area contributed by atoms with Crippen molar-refractivity contribution in [2.75, 3.05) is 13.6 Å². The first-order valence-electron chi connectivity index (χ1n) is 7.02. The van der Waals surface area contributed by atoms with E-state index < -0.39 is 6.10 Å². The average Bonchev–Trinajstić information content (AvgIpc) is 3.21. The molecule has 0 spiro atoms. The van der Waals surface area contributed by atoms with Crippen molar-refractivity contribution in [1.82, 2.24) is 25.1 Å². The number of carbonyl (C=O) groups excluding carboxylic acids is 1. The fourth-order valence-corrected chi connectivity index (χ4v) is 2.55. The summed E-state index contributed by atoms with van der Waals surface area (Å²) in [6, 6.07) is 5.00. The molecule has 1 amide bonds. The van der Waals surface area contributed by atoms with E-state index in [-0.39, 0.29) is 5.91 Å². The van der Waals surface area contributed by atoms with Crippen molar-refractivity contribution in [2.45, 2.75) is 18.9 Å². The second kappa shape index (κ2) is 6.02. The second-order valence-electron chi connectivity index (χ2n) is 5.51. The monoisotopic (exact) mass is 321 g/mol. The van der Waals surface area contributed by atoms with Gasteiger partial charge in [-0.1, -0.05) is 11.6 Å². The third kappa shape index (κ3) is 3.10. The van der Waals surface area contributed by atoms with Crippen LogP contribution in [0.1, 0.15) is 23.2 Å². The standard InChI is InChI=1S/C14H16ClN5O2/c1-19(7-13(21)9-2-3-9)14(22)11-5-4-10(6-12(11)15)20-8-16-17-18-20/h4-6,8-9,13,21H,2-3,7H2,1H3. The molecule has 0 aliphatic heterocycles. The zero-order valence-electron chi connectivity index (χ0n) is 12.1. The lowest BCUT2D eigenvalue weighted by molar-refractivity contribution is 0.0645. The van der Waals surface area contributed by atoms with Crippen molar-refractivity contribution in [3.63, 3.8) is 0 Å². The molecule has 0 radical (unpaired) electrons. The highest BCUT2D eigenvalue weighted by molar-refractivity contribution is 6.34. The van der Waals surface area contributed by atoms with Crippen LogP contribution in [0.25, 0.3) is 5.69 Å². The molecule has 1 unspecified atom stereocenters. The number of hydrogen-bond acceptors (Lipinski definition) is 5. The van der Waals surface area contributed by atoms with E-state index in [9.17, 15) is 9.90 Å². The molecule has 0 bridgehead atoms. The molecule has 22 heavy (non-hydrogen) atoms. The summed E-state index contributed by atoms with van der Waals surface area (Å²) in [4.78, 5) is 13.9. The minimum Gasteiger partial charge on any atom is -0.391 e. The molecule has 0 saturated heterocycles. The Labute approximate surface area is 132 Å². The second-order valence-corrected chi connectivity index (χ2v) is 5.92. The van der Waals surface area contributed by atoms with E-state index in [1.165, 1.54) is 15.9 Å². The first-order chi connectivity index (χ1) is 10.6. The fraction of sp³-hybridized carbons (Fsp3) is 0.429. The van der Waals surface area contributed by atoms with Crippen LogP contribution in [0.5, 0.6) is 0 Å². The van der Waals surface area contributed by atoms with Gasteiger partial charge in [0, 0.05) is 13.6 Å². The van der Waals surface area contributed by atoms with Gasteiger partial charge in [-0.2, -0.15) is 0 Å². The first kappa shape index (κ1) is 14.9. The average molecular weight is 322 g/mol. The smallest absolute Gasteiger partial charge is 0.255 e. The number of tetrazole rings is 1. The molecular weight excluding hydrogens is 306 g/mol. The molecule has 1 saturated carbocycles. The van der Waals surface area contributed by atoms with E-state index in [4.69, 9.17) is 11.6 Å². The summed E-state index contributed by atoms with van der Waals surface area (Å²) >= 11 is 6.20. The van der Waals surface area contributed by atoms with E-state index in [2.05, 4.69) is 15.5 Å². The number of aliphatic hydroxyl groups excluding tert-OH is 1. The fourth-order valence-electron chi connectivity index (χ4n) is 2.30. The van der Waals surface area contributed by atoms with Gasteiger partial charge in [-0.3, -0.25) is 4.79 Å². The third-order valence-electron chi connectivity index (χ3n) is 3.77. The van der Waals surface area contributed by atoms with Gasteiger partial charge < -0.3 is 10.0 Å². The van der Waals surface area contributed by atoms with Crippen LogP contribution < -0.4 is 0 Å². The lowest BCUT2D eigenvalue weighted by Gasteiger charge is -2.21. The van der Waals surface area contributed by atoms with Crippen LogP contribution in [0, 0.1) is 5.92 Å². The van der Waals surface area contributed by atoms with E-state index in [0.717, 1.165) is 12.8 Å². The third-order valence-corrected chi connectivity index (χ3v) is 4.08. The molecule has 8 heteroatoms. The van der Waals surface area contributed by atoms with Gasteiger partial charge in [0.15, 0.2) is 0 Å². The highest BCUT2D eigenvalue weighted by atomic mass is 35.5. The van der Waals surface area contributed by atoms with E-state index in [1.54, 1.807) is 25.2 Å². The highest BCUT2D eigenvalue weighted by Gasteiger charge is 2.31. The van der Waals surface area contributed by atoms with Gasteiger partial charge in [-0.05, 0) is 47.4 Å². The number of halogens is 1. The summed E-state index contributed by atoms with van der Waals surface area (Å²) in [5.74, 6) is 0.112. The molecule has 7 nitrogen and oxygen atoms in total. The Morgan fingerprint density at radius 3 is 2.91 bits per heavy atom. The number of amides is 1. The Balaban J connectivity index is 1.74. The van der Waals surface area contributed by atoms with Gasteiger partial charge in [0.2, 0.25) is 0 Å². The van der Waals surface area contributed by atoms with Crippen LogP contribution >= 0.6 is 11.6 Å². The maximum atomic E-state index is 12.4. The number of aliphatic hydroxyl groups is 1. The van der Waals surface area contributed by atoms with Crippen LogP contribution in [0.4, 0.5) is 0 Å². The van der Waals surface area contributed by atoms with Crippen molar-refractivity contribution >= 4 is 17.5 Å². The first-order valence-corrected chi connectivity index (χ1v) is 7.40. The lowest BCUT2D eigenvalue weighted by Crippen LogP contribution is -2.35. The molecule has 1 aromatic heterocycles. The van der Waals surface area contributed by atoms with Gasteiger partial charge in [0.25, 0.3) is 5.91 Å². The van der Waals surface area contributed by atoms with Crippen LogP contribution in [-0.2, 0) is 0 Å². The highest BCUT2D eigenvalue weighted by Crippen LogP contribution is 2.33. The summed E-state index contributed by atoms with van der Waals surface area (Å²) in [5.41, 5.74) is 1.07. The topological polar surface area (TPSA) is 84.1 Å². The Bertz CT molecular complexity index is 672. The SMILES string of the molecule is CN(CC(O)C1CC1)C(=O)c1ccc(-n2cnnn2)cc1Cl. The van der Waals surface area contributed by atoms with Crippen molar-refractivity contribution in [2.24, 2.45) is 5.92 Å². The van der Waals surface area contributed by atoms with E-state index in [0.29, 0.717) is 28.7 Å². The molecule has 1 heterocycles. The van der Waals surface area contributed by atoms with Gasteiger partial charge in [0.1, 0.15) is 6.33 Å². The summed E-state index contributed by atoms with van der Waals surface area (Å²) in [5, 5.41) is 21.1. The van der Waals surface area contributed by atoms with Crippen molar-refractivity contribution < 1.29 is 9.90 Å². The molecule has 1 aliphatic rings. The van der Waals surface area contributed by atoms with Crippen LogP contribution in [0.2, 0.25) is 5.02 Å². The van der Waals surface area contributed by atoms with Gasteiger partial charge in [-0.15, -0.1) is 5.10 Å². The summed E-state index contributed by atoms with van der Waals surface area (Å²) in [6.07, 6.45) is 3.05. The van der Waals surface area contributed by atoms with Crippen molar-refractivity contribution in [3.8, 4) is 5.69 Å². The molecular formula is C14H16ClN5O2. The minimum absolute atomic E-state index is 0.215. The number of likely N-dealkylation sites (N-methyl/N-ethyl adjacent to an activating group) is 1. The quantitative estimate of drug-likeness (QED) is 0.893. The molecule has 2 aromatic rings. The summed E-state index contributed by atoms with van der Waals surface area (Å²) < 4.78 is 1.46. The Kier molecular flexibility index (Phi) is 4.08. The Morgan fingerprint density at radius 2 is 2.32 bits per heavy atom. The lowest BCUT2D eigenvalue weighted by atomic mass is 10.1. The van der Waals surface area contributed by atoms with Gasteiger partial charge in [0.05, 0.1) is 22.4 Å². The Hall–Kier alpha value is -1.99. The minimum atomic E-state index is -0.465. The van der Waals surface area contributed by atoms with Crippen molar-refractivity contribution in [1.29, 1.82) is 0 Å². The maximum Gasteiger partial charge on any atom is 0.255 e. The van der Waals surface area contributed by atoms with Crippen LogP contribution in [0.3, 0.4) is 0 Å². The van der Waals surface area contributed by atoms with E-state index >= 15 is 0 Å². The molecule has 3 rings (SSSR count). The van der Waals surface area contributed by atoms with Crippen molar-refractivity contribution in [3.05, 3.63) is 35.1 Å². The molecule has 1 fully saturated rings. The molecule has 1 aliphatic carbocycles. The predicted octanol–water partition coefficient (Wildman–Crippen LogP) is 1.16. The largest absolute Gasteiger partial charge is 0.391 e. The number of carbonyl (C=O) groups is 1. The number of hydrogen-bond donors (Lipinski definition) is 1. The molecule has 1 atom stereocenters. The number of aromatic nitrogens is 4. The predicted molar refractivity (Wildman–Crippen MR) is 79.9 cm³/mol. The summed E-state index contributed by atoms with van der Waals surface area (Å²) in [6.45, 7) is 0.314. The van der Waals surface area contributed by atoms with Gasteiger partial charge in [-0.25, -0.2) is 4.68 Å². The zero-order valence-corrected chi connectivity index (χ0v) is 12.8. The molecule has 1 N–H and O–H groups in total. The summed E-state index contributed by atoms with van der Waals surface area (Å²) in [7, 11) is 1.67. The number of rotatable bonds is 5. The van der Waals surface area contributed by atoms with Crippen LogP contribution in [-0.4, -0.2) is 55.8 Å². The maximum absolute atomic E-state index is 12.4. The van der Waals surface area contributed by atoms with Gasteiger partial charge >= 0.3 is 0 Å². The zero-order chi connectivity index (χ0) is 15.7.